The molecule has 3 rings (SSSR count). The molecule has 20 heavy (non-hydrogen) atoms. The van der Waals surface area contributed by atoms with E-state index in [0.717, 1.165) is 16.8 Å². The summed E-state index contributed by atoms with van der Waals surface area (Å²) in [5.74, 6) is 1.23. The highest BCUT2D eigenvalue weighted by Crippen LogP contribution is 2.27. The van der Waals surface area contributed by atoms with Crippen LogP contribution in [0.5, 0.6) is 5.75 Å². The van der Waals surface area contributed by atoms with E-state index in [1.807, 2.05) is 29.7 Å². The van der Waals surface area contributed by atoms with Crippen molar-refractivity contribution in [2.24, 2.45) is 0 Å². The van der Waals surface area contributed by atoms with E-state index in [1.165, 1.54) is 0 Å². The predicted octanol–water partition coefficient (Wildman–Crippen LogP) is 1.43. The first-order chi connectivity index (χ1) is 9.79. The fourth-order valence-corrected chi connectivity index (χ4v) is 2.45. The molecule has 0 amide bonds. The molecule has 2 aromatic rings. The number of benzene rings is 1. The van der Waals surface area contributed by atoms with Crippen LogP contribution in [0.15, 0.2) is 18.2 Å². The van der Waals surface area contributed by atoms with Crippen molar-refractivity contribution in [2.45, 2.75) is 19.6 Å². The number of nitrogen functional groups attached to an aromatic ring is 1. The Hall–Kier alpha value is -1.79. The Balaban J connectivity index is 1.93. The number of hydrogen-bond acceptors (Lipinski definition) is 5. The van der Waals surface area contributed by atoms with E-state index in [-0.39, 0.29) is 6.10 Å². The van der Waals surface area contributed by atoms with Gasteiger partial charge in [0.1, 0.15) is 11.3 Å². The minimum atomic E-state index is 0.0131. The van der Waals surface area contributed by atoms with Crippen molar-refractivity contribution in [2.75, 3.05) is 32.2 Å². The predicted molar refractivity (Wildman–Crippen MR) is 75.9 cm³/mol. The summed E-state index contributed by atoms with van der Waals surface area (Å²) in [7, 11) is 0. The maximum absolute atomic E-state index is 6.04. The van der Waals surface area contributed by atoms with Crippen molar-refractivity contribution in [3.05, 3.63) is 18.2 Å². The number of ether oxygens (including phenoxy) is 3. The Morgan fingerprint density at radius 1 is 1.45 bits per heavy atom. The molecule has 0 bridgehead atoms. The second kappa shape index (κ2) is 5.68. The van der Waals surface area contributed by atoms with Crippen molar-refractivity contribution in [3.8, 4) is 5.75 Å². The minimum absolute atomic E-state index is 0.0131. The molecule has 1 unspecified atom stereocenters. The molecule has 1 atom stereocenters. The fraction of sp³-hybridized carbons (Fsp3) is 0.500. The van der Waals surface area contributed by atoms with Gasteiger partial charge in [0.25, 0.3) is 0 Å². The lowest BCUT2D eigenvalue weighted by molar-refractivity contribution is -0.0930. The molecule has 0 spiro atoms. The lowest BCUT2D eigenvalue weighted by atomic mass is 10.2. The molecular formula is C14H19N3O3. The molecule has 6 nitrogen and oxygen atoms in total. The lowest BCUT2D eigenvalue weighted by Gasteiger charge is -2.23. The highest BCUT2D eigenvalue weighted by atomic mass is 16.6. The van der Waals surface area contributed by atoms with Gasteiger partial charge in [-0.1, -0.05) is 6.07 Å². The van der Waals surface area contributed by atoms with E-state index in [4.69, 9.17) is 19.9 Å². The third-order valence-corrected chi connectivity index (χ3v) is 3.34. The van der Waals surface area contributed by atoms with Crippen molar-refractivity contribution in [3.63, 3.8) is 0 Å². The Labute approximate surface area is 117 Å². The molecule has 1 aliphatic heterocycles. The van der Waals surface area contributed by atoms with E-state index in [9.17, 15) is 0 Å². The van der Waals surface area contributed by atoms with Crippen molar-refractivity contribution >= 4 is 17.0 Å². The molecular weight excluding hydrogens is 258 g/mol. The first-order valence-corrected chi connectivity index (χ1v) is 6.86. The van der Waals surface area contributed by atoms with Gasteiger partial charge in [0.2, 0.25) is 5.95 Å². The number of hydrogen-bond donors (Lipinski definition) is 1. The number of imidazole rings is 1. The van der Waals surface area contributed by atoms with Crippen LogP contribution in [0.3, 0.4) is 0 Å². The zero-order chi connectivity index (χ0) is 13.9. The number of anilines is 1. The van der Waals surface area contributed by atoms with Gasteiger partial charge in [-0.05, 0) is 19.1 Å². The van der Waals surface area contributed by atoms with E-state index in [1.54, 1.807) is 0 Å². The normalized spacial score (nSPS) is 19.4. The molecule has 1 aromatic carbocycles. The van der Waals surface area contributed by atoms with Crippen molar-refractivity contribution in [1.29, 1.82) is 0 Å². The van der Waals surface area contributed by atoms with E-state index in [2.05, 4.69) is 4.98 Å². The van der Waals surface area contributed by atoms with Crippen LogP contribution in [0.25, 0.3) is 11.0 Å². The summed E-state index contributed by atoms with van der Waals surface area (Å²) >= 11 is 0. The maximum Gasteiger partial charge on any atom is 0.201 e. The number of para-hydroxylation sites is 1. The van der Waals surface area contributed by atoms with Crippen LogP contribution >= 0.6 is 0 Å². The molecule has 0 aliphatic carbocycles. The largest absolute Gasteiger partial charge is 0.492 e. The van der Waals surface area contributed by atoms with Gasteiger partial charge in [0, 0.05) is 0 Å². The molecule has 1 saturated heterocycles. The smallest absolute Gasteiger partial charge is 0.201 e. The maximum atomic E-state index is 6.04. The van der Waals surface area contributed by atoms with Crippen LogP contribution in [-0.2, 0) is 16.0 Å². The summed E-state index contributed by atoms with van der Waals surface area (Å²) in [6, 6.07) is 5.84. The summed E-state index contributed by atoms with van der Waals surface area (Å²) in [4.78, 5) is 4.42. The molecule has 6 heteroatoms. The van der Waals surface area contributed by atoms with Gasteiger partial charge in [-0.2, -0.15) is 0 Å². The number of nitrogens with zero attached hydrogens (tertiary/aromatic N) is 2. The van der Waals surface area contributed by atoms with Crippen molar-refractivity contribution in [1.82, 2.24) is 9.55 Å². The number of aromatic nitrogens is 2. The summed E-state index contributed by atoms with van der Waals surface area (Å²) in [6.45, 7) is 5.06. The first-order valence-electron chi connectivity index (χ1n) is 6.86. The molecule has 1 aliphatic rings. The fourth-order valence-electron chi connectivity index (χ4n) is 2.45. The molecule has 1 aromatic heterocycles. The van der Waals surface area contributed by atoms with Gasteiger partial charge in [0.05, 0.1) is 44.6 Å². The second-order valence-electron chi connectivity index (χ2n) is 4.71. The molecule has 2 heterocycles. The van der Waals surface area contributed by atoms with Crippen LogP contribution in [-0.4, -0.2) is 42.1 Å². The van der Waals surface area contributed by atoms with Crippen molar-refractivity contribution < 1.29 is 14.2 Å². The summed E-state index contributed by atoms with van der Waals surface area (Å²) < 4.78 is 18.6. The molecule has 108 valence electrons. The van der Waals surface area contributed by atoms with E-state index >= 15 is 0 Å². The average molecular weight is 277 g/mol. The summed E-state index contributed by atoms with van der Waals surface area (Å²) in [6.07, 6.45) is 0.0131. The van der Waals surface area contributed by atoms with E-state index < -0.39 is 0 Å². The number of fused-ring (bicyclic) bond motifs is 1. The summed E-state index contributed by atoms with van der Waals surface area (Å²) in [5.41, 5.74) is 7.79. The standard InChI is InChI=1S/C14H19N3O3/c1-2-19-12-5-3-4-11-13(12)16-14(15)17(11)8-10-9-18-6-7-20-10/h3-5,10H,2,6-9H2,1H3,(H2,15,16). The van der Waals surface area contributed by atoms with Gasteiger partial charge >= 0.3 is 0 Å². The molecule has 0 radical (unpaired) electrons. The lowest BCUT2D eigenvalue weighted by Crippen LogP contribution is -2.32. The Kier molecular flexibility index (Phi) is 3.75. The van der Waals surface area contributed by atoms with Crippen LogP contribution in [0, 0.1) is 0 Å². The van der Waals surface area contributed by atoms with Gasteiger partial charge in [-0.3, -0.25) is 0 Å². The SMILES string of the molecule is CCOc1cccc2c1nc(N)n2CC1COCCO1. The van der Waals surface area contributed by atoms with Gasteiger partial charge in [-0.15, -0.1) is 0 Å². The third-order valence-electron chi connectivity index (χ3n) is 3.34. The van der Waals surface area contributed by atoms with Crippen LogP contribution in [0.4, 0.5) is 5.95 Å². The quantitative estimate of drug-likeness (QED) is 0.915. The third kappa shape index (κ3) is 2.44. The number of rotatable bonds is 4. The van der Waals surface area contributed by atoms with Gasteiger partial charge in [-0.25, -0.2) is 4.98 Å². The topological polar surface area (TPSA) is 71.5 Å². The Morgan fingerprint density at radius 3 is 3.10 bits per heavy atom. The van der Waals surface area contributed by atoms with Crippen LogP contribution in [0.1, 0.15) is 6.92 Å². The Morgan fingerprint density at radius 2 is 2.35 bits per heavy atom. The molecule has 2 N–H and O–H groups in total. The minimum Gasteiger partial charge on any atom is -0.492 e. The molecule has 0 saturated carbocycles. The average Bonchev–Trinajstić information content (AvgIpc) is 2.78. The van der Waals surface area contributed by atoms with Gasteiger partial charge < -0.3 is 24.5 Å². The first kappa shape index (κ1) is 13.2. The zero-order valence-corrected chi connectivity index (χ0v) is 11.5. The highest BCUT2D eigenvalue weighted by molar-refractivity contribution is 5.84. The van der Waals surface area contributed by atoms with E-state index in [0.29, 0.717) is 38.9 Å². The van der Waals surface area contributed by atoms with Crippen LogP contribution < -0.4 is 10.5 Å². The molecule has 1 fully saturated rings. The summed E-state index contributed by atoms with van der Waals surface area (Å²) in [5, 5.41) is 0. The number of nitrogens with two attached hydrogens (primary N) is 1. The van der Waals surface area contributed by atoms with Gasteiger partial charge in [0.15, 0.2) is 0 Å². The highest BCUT2D eigenvalue weighted by Gasteiger charge is 2.19. The Bertz CT molecular complexity index is 591. The zero-order valence-electron chi connectivity index (χ0n) is 11.5. The van der Waals surface area contributed by atoms with Crippen LogP contribution in [0.2, 0.25) is 0 Å². The second-order valence-corrected chi connectivity index (χ2v) is 4.71. The monoisotopic (exact) mass is 277 g/mol.